The molecule has 8 heteroatoms. The molecule has 0 aliphatic carbocycles. The van der Waals surface area contributed by atoms with Crippen LogP contribution in [0.15, 0.2) is 48.5 Å². The summed E-state index contributed by atoms with van der Waals surface area (Å²) in [6.45, 7) is 6.37. The van der Waals surface area contributed by atoms with Crippen molar-refractivity contribution in [1.82, 2.24) is 0 Å². The molecular formula is C20H30O5Si3. The standard InChI is InChI=1S/C20H22O3.H8O2Si3/c1-20(2,3)16-9-5-14(6-10-16)18(21)13-19(22)15-7-11-17(23-4)12-8-15;3-1-5-2-4/h5-12H,13H2,1-4H3;5H2,3-4H3. The fraction of sp³-hybridized carbons (Fsp3) is 0.300. The van der Waals surface area contributed by atoms with Crippen molar-refractivity contribution < 1.29 is 22.6 Å². The Hall–Kier alpha value is -1.85. The Morgan fingerprint density at radius 2 is 1.29 bits per heavy atom. The molecule has 2 rings (SSSR count). The Labute approximate surface area is 175 Å². The molecule has 0 atom stereocenters. The van der Waals surface area contributed by atoms with E-state index in [0.717, 1.165) is 26.5 Å². The van der Waals surface area contributed by atoms with Crippen LogP contribution in [0.2, 0.25) is 0 Å². The van der Waals surface area contributed by atoms with Gasteiger partial charge in [0.25, 0.3) is 10.0 Å². The molecule has 0 bridgehead atoms. The van der Waals surface area contributed by atoms with Gasteiger partial charge >= 0.3 is 0 Å². The number of carbonyl (C=O) groups excluding carboxylic acids is 2. The number of rotatable bonds is 7. The number of carbonyl (C=O) groups is 2. The molecule has 0 unspecified atom stereocenters. The van der Waals surface area contributed by atoms with E-state index in [1.807, 2.05) is 12.1 Å². The van der Waals surface area contributed by atoms with Crippen LogP contribution in [0.1, 0.15) is 53.5 Å². The summed E-state index contributed by atoms with van der Waals surface area (Å²) in [6.07, 6.45) is -0.124. The molecule has 0 saturated heterocycles. The molecule has 0 radical (unpaired) electrons. The Morgan fingerprint density at radius 1 is 0.857 bits per heavy atom. The molecule has 0 aliphatic heterocycles. The first-order valence-electron chi connectivity index (χ1n) is 9.01. The predicted molar refractivity (Wildman–Crippen MR) is 122 cm³/mol. The molecule has 0 aliphatic rings. The summed E-state index contributed by atoms with van der Waals surface area (Å²) in [5, 5.41) is 0. The second-order valence-electron chi connectivity index (χ2n) is 7.27. The maximum Gasteiger partial charge on any atom is 0.282 e. The highest BCUT2D eigenvalue weighted by Gasteiger charge is 2.16. The predicted octanol–water partition coefficient (Wildman–Crippen LogP) is 1.03. The van der Waals surface area contributed by atoms with Crippen molar-refractivity contribution in [2.24, 2.45) is 0 Å². The van der Waals surface area contributed by atoms with Gasteiger partial charge in [-0.3, -0.25) is 9.59 Å². The van der Waals surface area contributed by atoms with Gasteiger partial charge in [-0.1, -0.05) is 45.0 Å². The first-order valence-corrected chi connectivity index (χ1v) is 11.8. The summed E-state index contributed by atoms with van der Waals surface area (Å²) >= 11 is 0. The van der Waals surface area contributed by atoms with Crippen LogP contribution in [-0.2, 0) is 13.6 Å². The van der Waals surface area contributed by atoms with Crippen LogP contribution in [0.4, 0.5) is 0 Å². The first kappa shape index (κ1) is 24.2. The van der Waals surface area contributed by atoms with Crippen LogP contribution in [0.3, 0.4) is 0 Å². The topological polar surface area (TPSA) is 61.8 Å². The lowest BCUT2D eigenvalue weighted by Gasteiger charge is -2.18. The number of ketones is 2. The highest BCUT2D eigenvalue weighted by Crippen LogP contribution is 2.22. The Morgan fingerprint density at radius 3 is 1.61 bits per heavy atom. The molecule has 5 nitrogen and oxygen atoms in total. The van der Waals surface area contributed by atoms with Crippen molar-refractivity contribution in [2.45, 2.75) is 32.6 Å². The highest BCUT2D eigenvalue weighted by atomic mass is 28.3. The average molecular weight is 435 g/mol. The molecule has 0 amide bonds. The van der Waals surface area contributed by atoms with Crippen molar-refractivity contribution in [3.63, 3.8) is 0 Å². The van der Waals surface area contributed by atoms with Crippen LogP contribution in [-0.4, -0.2) is 49.7 Å². The maximum absolute atomic E-state index is 12.3. The third kappa shape index (κ3) is 8.03. The smallest absolute Gasteiger partial charge is 0.282 e. The number of ether oxygens (including phenoxy) is 1. The Balaban J connectivity index is 0.000000696. The zero-order valence-corrected chi connectivity index (χ0v) is 23.0. The normalized spacial score (nSPS) is 11.3. The van der Waals surface area contributed by atoms with E-state index in [9.17, 15) is 9.59 Å². The van der Waals surface area contributed by atoms with E-state index >= 15 is 0 Å². The summed E-state index contributed by atoms with van der Waals surface area (Å²) in [7, 11) is 2.84. The van der Waals surface area contributed by atoms with Crippen LogP contribution in [0.25, 0.3) is 0 Å². The summed E-state index contributed by atoms with van der Waals surface area (Å²) in [5.41, 5.74) is 2.29. The van der Waals surface area contributed by atoms with Crippen LogP contribution >= 0.6 is 0 Å². The molecule has 0 saturated carbocycles. The average Bonchev–Trinajstić information content (AvgIpc) is 2.68. The first-order chi connectivity index (χ1) is 13.2. The van der Waals surface area contributed by atoms with E-state index in [2.05, 4.69) is 20.8 Å². The molecule has 0 heterocycles. The SMILES string of the molecule is COc1ccc(C(=O)CC(=O)c2ccc(C(C)(C)C)cc2)cc1.[SiH3]O[SiH2]O[SiH3]. The van der Waals surface area contributed by atoms with E-state index in [-0.39, 0.29) is 23.4 Å². The van der Waals surface area contributed by atoms with Gasteiger partial charge in [-0.15, -0.1) is 0 Å². The molecule has 0 aromatic heterocycles. The monoisotopic (exact) mass is 434 g/mol. The minimum Gasteiger partial charge on any atom is -0.497 e. The summed E-state index contributed by atoms with van der Waals surface area (Å²) in [4.78, 5) is 24.5. The largest absolute Gasteiger partial charge is 0.497 e. The number of benzene rings is 2. The van der Waals surface area contributed by atoms with E-state index in [0.29, 0.717) is 16.9 Å². The van der Waals surface area contributed by atoms with Gasteiger partial charge in [-0.05, 0) is 35.2 Å². The van der Waals surface area contributed by atoms with Gasteiger partial charge in [0.1, 0.15) is 26.7 Å². The Bertz CT molecular complexity index is 751. The third-order valence-electron chi connectivity index (χ3n) is 4.04. The summed E-state index contributed by atoms with van der Waals surface area (Å²) in [5.74, 6) is 0.342. The zero-order valence-electron chi connectivity index (χ0n) is 17.6. The Kier molecular flexibility index (Phi) is 10.3. The highest BCUT2D eigenvalue weighted by molar-refractivity contribution is 6.33. The van der Waals surface area contributed by atoms with Gasteiger partial charge in [-0.25, -0.2) is 0 Å². The molecule has 0 fully saturated rings. The van der Waals surface area contributed by atoms with Gasteiger partial charge in [-0.2, -0.15) is 0 Å². The zero-order chi connectivity index (χ0) is 21.2. The fourth-order valence-electron chi connectivity index (χ4n) is 2.40. The lowest BCUT2D eigenvalue weighted by atomic mass is 9.86. The molecule has 0 N–H and O–H groups in total. The number of hydrogen-bond acceptors (Lipinski definition) is 5. The van der Waals surface area contributed by atoms with Crippen LogP contribution in [0.5, 0.6) is 5.75 Å². The summed E-state index contributed by atoms with van der Waals surface area (Å²) in [6, 6.07) is 14.3. The van der Waals surface area contributed by atoms with Crippen molar-refractivity contribution in [2.75, 3.05) is 7.11 Å². The molecule has 2 aromatic rings. The summed E-state index contributed by atoms with van der Waals surface area (Å²) < 4.78 is 14.6. The van der Waals surface area contributed by atoms with Gasteiger partial charge in [0.15, 0.2) is 11.6 Å². The maximum atomic E-state index is 12.3. The van der Waals surface area contributed by atoms with Gasteiger partial charge in [0.05, 0.1) is 13.5 Å². The van der Waals surface area contributed by atoms with Gasteiger partial charge in [0.2, 0.25) is 0 Å². The van der Waals surface area contributed by atoms with Crippen molar-refractivity contribution >= 4 is 42.5 Å². The van der Waals surface area contributed by atoms with Crippen molar-refractivity contribution in [3.8, 4) is 5.75 Å². The van der Waals surface area contributed by atoms with Crippen molar-refractivity contribution in [1.29, 1.82) is 0 Å². The molecule has 28 heavy (non-hydrogen) atoms. The lowest BCUT2D eigenvalue weighted by Crippen LogP contribution is -2.12. The van der Waals surface area contributed by atoms with E-state index < -0.39 is 10.0 Å². The van der Waals surface area contributed by atoms with E-state index in [4.69, 9.17) is 13.0 Å². The van der Waals surface area contributed by atoms with Crippen LogP contribution in [0, 0.1) is 0 Å². The van der Waals surface area contributed by atoms with Crippen molar-refractivity contribution in [3.05, 3.63) is 65.2 Å². The molecule has 0 spiro atoms. The molecule has 2 aromatic carbocycles. The number of methoxy groups -OCH3 is 1. The third-order valence-corrected chi connectivity index (χ3v) is 5.93. The van der Waals surface area contributed by atoms with E-state index in [1.54, 1.807) is 43.5 Å². The quantitative estimate of drug-likeness (QED) is 0.370. The van der Waals surface area contributed by atoms with Crippen LogP contribution < -0.4 is 4.74 Å². The second kappa shape index (κ2) is 11.9. The molecule has 152 valence electrons. The second-order valence-corrected chi connectivity index (χ2v) is 12.1. The lowest BCUT2D eigenvalue weighted by molar-refractivity contribution is 0.0894. The van der Waals surface area contributed by atoms with Gasteiger partial charge < -0.3 is 13.0 Å². The number of Topliss-reactive ketones (excluding diaryl/α,β-unsaturated/α-hetero) is 2. The molecular weight excluding hydrogens is 404 g/mol. The fourth-order valence-corrected chi connectivity index (χ4v) is 5.46. The minimum atomic E-state index is -0.444. The van der Waals surface area contributed by atoms with Gasteiger partial charge in [0, 0.05) is 11.1 Å². The van der Waals surface area contributed by atoms with E-state index in [1.165, 1.54) is 0 Å². The number of hydrogen-bond donors (Lipinski definition) is 0. The minimum absolute atomic E-state index is 0.0422.